The molecule has 0 saturated carbocycles. The van der Waals surface area contributed by atoms with Crippen molar-refractivity contribution in [2.75, 3.05) is 6.54 Å². The van der Waals surface area contributed by atoms with E-state index in [1.165, 1.54) is 29.7 Å². The first-order valence-corrected chi connectivity index (χ1v) is 7.58. The lowest BCUT2D eigenvalue weighted by Crippen LogP contribution is -2.41. The molecule has 1 aromatic heterocycles. The first kappa shape index (κ1) is 13.1. The van der Waals surface area contributed by atoms with Crippen molar-refractivity contribution >= 4 is 11.3 Å². The fourth-order valence-corrected chi connectivity index (χ4v) is 3.50. The summed E-state index contributed by atoms with van der Waals surface area (Å²) in [6.07, 6.45) is 5.34. The van der Waals surface area contributed by atoms with Gasteiger partial charge in [-0.15, -0.1) is 11.3 Å². The molecule has 0 aromatic carbocycles. The Balaban J connectivity index is 1.98. The molecule has 1 aliphatic carbocycles. The van der Waals surface area contributed by atoms with Crippen LogP contribution in [-0.2, 0) is 6.42 Å². The fourth-order valence-electron chi connectivity index (χ4n) is 2.51. The summed E-state index contributed by atoms with van der Waals surface area (Å²) in [7, 11) is 0. The van der Waals surface area contributed by atoms with Gasteiger partial charge >= 0.3 is 0 Å². The molecular weight excluding hydrogens is 230 g/mol. The van der Waals surface area contributed by atoms with E-state index in [9.17, 15) is 5.11 Å². The summed E-state index contributed by atoms with van der Waals surface area (Å²) in [5, 5.41) is 16.1. The third-order valence-electron chi connectivity index (χ3n) is 4.05. The molecule has 0 saturated heterocycles. The smallest absolute Gasteiger partial charge is 0.0766 e. The third-order valence-corrected chi connectivity index (χ3v) is 5.04. The standard InChI is InChI=1S/C14H23NOS/c1-3-14(16,4-2)10-15-12-6-5-7-13-11(12)8-9-17-13/h8-9,12,15-16H,3-7,10H2,1-2H3. The van der Waals surface area contributed by atoms with Gasteiger partial charge in [-0.05, 0) is 49.1 Å². The van der Waals surface area contributed by atoms with Crippen LogP contribution in [0.3, 0.4) is 0 Å². The van der Waals surface area contributed by atoms with Crippen molar-refractivity contribution in [2.45, 2.75) is 57.6 Å². The molecule has 0 fully saturated rings. The maximum atomic E-state index is 10.3. The van der Waals surface area contributed by atoms with E-state index in [0.29, 0.717) is 12.6 Å². The first-order chi connectivity index (χ1) is 8.18. The molecule has 0 radical (unpaired) electrons. The highest BCUT2D eigenvalue weighted by atomic mass is 32.1. The van der Waals surface area contributed by atoms with Gasteiger partial charge in [0.05, 0.1) is 5.60 Å². The average molecular weight is 253 g/mol. The zero-order valence-corrected chi connectivity index (χ0v) is 11.6. The Labute approximate surface area is 108 Å². The summed E-state index contributed by atoms with van der Waals surface area (Å²) < 4.78 is 0. The van der Waals surface area contributed by atoms with E-state index in [-0.39, 0.29) is 0 Å². The number of hydrogen-bond acceptors (Lipinski definition) is 3. The summed E-state index contributed by atoms with van der Waals surface area (Å²) >= 11 is 1.87. The maximum absolute atomic E-state index is 10.3. The van der Waals surface area contributed by atoms with Gasteiger partial charge in [0.2, 0.25) is 0 Å². The fraction of sp³-hybridized carbons (Fsp3) is 0.714. The second-order valence-electron chi connectivity index (χ2n) is 5.06. The largest absolute Gasteiger partial charge is 0.389 e. The predicted molar refractivity (Wildman–Crippen MR) is 73.5 cm³/mol. The number of aliphatic hydroxyl groups is 1. The van der Waals surface area contributed by atoms with Crippen LogP contribution in [0.25, 0.3) is 0 Å². The van der Waals surface area contributed by atoms with Crippen LogP contribution in [0.5, 0.6) is 0 Å². The molecule has 1 heterocycles. The topological polar surface area (TPSA) is 32.3 Å². The molecule has 0 aliphatic heterocycles. The highest BCUT2D eigenvalue weighted by Crippen LogP contribution is 2.33. The number of thiophene rings is 1. The van der Waals surface area contributed by atoms with Crippen molar-refractivity contribution in [2.24, 2.45) is 0 Å². The molecule has 3 heteroatoms. The monoisotopic (exact) mass is 253 g/mol. The molecule has 2 rings (SSSR count). The van der Waals surface area contributed by atoms with Gasteiger partial charge in [-0.2, -0.15) is 0 Å². The van der Waals surface area contributed by atoms with Crippen molar-refractivity contribution < 1.29 is 5.11 Å². The number of rotatable bonds is 5. The molecule has 1 aromatic rings. The Bertz CT molecular complexity index is 357. The van der Waals surface area contributed by atoms with E-state index in [2.05, 4.69) is 30.6 Å². The normalized spacial score (nSPS) is 20.3. The minimum atomic E-state index is -0.534. The number of nitrogens with one attached hydrogen (secondary N) is 1. The average Bonchev–Trinajstić information content (AvgIpc) is 2.84. The third kappa shape index (κ3) is 2.90. The lowest BCUT2D eigenvalue weighted by atomic mass is 9.92. The van der Waals surface area contributed by atoms with Crippen molar-refractivity contribution in [3.8, 4) is 0 Å². The molecular formula is C14H23NOS. The van der Waals surface area contributed by atoms with E-state index >= 15 is 0 Å². The zero-order valence-electron chi connectivity index (χ0n) is 10.8. The molecule has 0 amide bonds. The predicted octanol–water partition coefficient (Wildman–Crippen LogP) is 3.27. The van der Waals surface area contributed by atoms with Gasteiger partial charge in [0.1, 0.15) is 0 Å². The highest BCUT2D eigenvalue weighted by Gasteiger charge is 2.26. The van der Waals surface area contributed by atoms with Crippen LogP contribution in [0.4, 0.5) is 0 Å². The van der Waals surface area contributed by atoms with Crippen LogP contribution in [0.2, 0.25) is 0 Å². The molecule has 0 spiro atoms. The van der Waals surface area contributed by atoms with Gasteiger partial charge in [0, 0.05) is 17.5 Å². The van der Waals surface area contributed by atoms with E-state index < -0.39 is 5.60 Å². The second-order valence-corrected chi connectivity index (χ2v) is 6.06. The first-order valence-electron chi connectivity index (χ1n) is 6.70. The summed E-state index contributed by atoms with van der Waals surface area (Å²) in [4.78, 5) is 1.53. The summed E-state index contributed by atoms with van der Waals surface area (Å²) in [6, 6.07) is 2.70. The minimum absolute atomic E-state index is 0.453. The number of fused-ring (bicyclic) bond motifs is 1. The van der Waals surface area contributed by atoms with Crippen LogP contribution in [0, 0.1) is 0 Å². The van der Waals surface area contributed by atoms with Gasteiger partial charge in [0.15, 0.2) is 0 Å². The van der Waals surface area contributed by atoms with Crippen molar-refractivity contribution in [1.82, 2.24) is 5.32 Å². The Morgan fingerprint density at radius 2 is 2.24 bits per heavy atom. The van der Waals surface area contributed by atoms with Crippen molar-refractivity contribution in [3.05, 3.63) is 21.9 Å². The van der Waals surface area contributed by atoms with Crippen molar-refractivity contribution in [3.63, 3.8) is 0 Å². The molecule has 96 valence electrons. The van der Waals surface area contributed by atoms with Gasteiger partial charge in [-0.3, -0.25) is 0 Å². The van der Waals surface area contributed by atoms with E-state index in [0.717, 1.165) is 12.8 Å². The van der Waals surface area contributed by atoms with Crippen LogP contribution in [0.15, 0.2) is 11.4 Å². The lowest BCUT2D eigenvalue weighted by molar-refractivity contribution is 0.0293. The molecule has 0 bridgehead atoms. The molecule has 1 atom stereocenters. The number of hydrogen-bond donors (Lipinski definition) is 2. The Morgan fingerprint density at radius 1 is 1.47 bits per heavy atom. The molecule has 1 unspecified atom stereocenters. The molecule has 17 heavy (non-hydrogen) atoms. The van der Waals surface area contributed by atoms with Gasteiger partial charge in [0.25, 0.3) is 0 Å². The van der Waals surface area contributed by atoms with Crippen LogP contribution < -0.4 is 5.32 Å². The number of aryl methyl sites for hydroxylation is 1. The van der Waals surface area contributed by atoms with E-state index in [1.807, 2.05) is 11.3 Å². The zero-order chi connectivity index (χ0) is 12.3. The summed E-state index contributed by atoms with van der Waals surface area (Å²) in [5.74, 6) is 0. The Kier molecular flexibility index (Phi) is 4.23. The highest BCUT2D eigenvalue weighted by molar-refractivity contribution is 7.10. The van der Waals surface area contributed by atoms with E-state index in [4.69, 9.17) is 0 Å². The van der Waals surface area contributed by atoms with Crippen LogP contribution in [-0.4, -0.2) is 17.3 Å². The second kappa shape index (κ2) is 5.51. The Hall–Kier alpha value is -0.380. The van der Waals surface area contributed by atoms with Gasteiger partial charge in [-0.25, -0.2) is 0 Å². The van der Waals surface area contributed by atoms with Crippen molar-refractivity contribution in [1.29, 1.82) is 0 Å². The van der Waals surface area contributed by atoms with Crippen LogP contribution >= 0.6 is 11.3 Å². The SMILES string of the molecule is CCC(O)(CC)CNC1CCCc2sccc21. The summed E-state index contributed by atoms with van der Waals surface area (Å²) in [5.41, 5.74) is 0.934. The maximum Gasteiger partial charge on any atom is 0.0766 e. The summed E-state index contributed by atoms with van der Waals surface area (Å²) in [6.45, 7) is 4.82. The molecule has 1 aliphatic rings. The van der Waals surface area contributed by atoms with E-state index in [1.54, 1.807) is 0 Å². The lowest BCUT2D eigenvalue weighted by Gasteiger charge is -2.30. The van der Waals surface area contributed by atoms with Gasteiger partial charge in [-0.1, -0.05) is 13.8 Å². The minimum Gasteiger partial charge on any atom is -0.389 e. The Morgan fingerprint density at radius 3 is 2.94 bits per heavy atom. The molecule has 2 N–H and O–H groups in total. The van der Waals surface area contributed by atoms with Gasteiger partial charge < -0.3 is 10.4 Å². The molecule has 2 nitrogen and oxygen atoms in total. The van der Waals surface area contributed by atoms with Crippen LogP contribution in [0.1, 0.15) is 56.0 Å². The quantitative estimate of drug-likeness (QED) is 0.844.